The molecule has 7 heteroatoms. The molecule has 1 unspecified atom stereocenters. The van der Waals surface area contributed by atoms with E-state index in [0.717, 1.165) is 22.6 Å². The first-order chi connectivity index (χ1) is 14.3. The number of rotatable bonds is 10. The van der Waals surface area contributed by atoms with Crippen LogP contribution in [0.3, 0.4) is 0 Å². The normalized spacial score (nSPS) is 15.7. The van der Waals surface area contributed by atoms with E-state index < -0.39 is 15.3 Å². The molecule has 0 aliphatic heterocycles. The molecule has 1 atom stereocenters. The van der Waals surface area contributed by atoms with E-state index in [4.69, 9.17) is 9.47 Å². The van der Waals surface area contributed by atoms with Crippen molar-refractivity contribution in [3.05, 3.63) is 59.7 Å². The third-order valence-corrected chi connectivity index (χ3v) is 7.79. The van der Waals surface area contributed by atoms with Crippen molar-refractivity contribution in [3.8, 4) is 11.5 Å². The lowest BCUT2D eigenvalue weighted by molar-refractivity contribution is -0.126. The molecule has 6 nitrogen and oxygen atoms in total. The third kappa shape index (κ3) is 5.40. The van der Waals surface area contributed by atoms with Gasteiger partial charge in [-0.05, 0) is 54.7 Å². The smallest absolute Gasteiger partial charge is 0.217 e. The van der Waals surface area contributed by atoms with Gasteiger partial charge in [0, 0.05) is 25.9 Å². The van der Waals surface area contributed by atoms with Gasteiger partial charge < -0.3 is 9.47 Å². The average molecular weight is 432 g/mol. The number of ketones is 1. The maximum Gasteiger partial charge on any atom is 0.217 e. The van der Waals surface area contributed by atoms with Crippen molar-refractivity contribution in [1.29, 1.82) is 0 Å². The molecule has 0 spiro atoms. The van der Waals surface area contributed by atoms with Crippen molar-refractivity contribution in [1.82, 2.24) is 4.31 Å². The summed E-state index contributed by atoms with van der Waals surface area (Å²) >= 11 is 0. The lowest BCUT2D eigenvalue weighted by Gasteiger charge is -2.30. The first kappa shape index (κ1) is 22.3. The van der Waals surface area contributed by atoms with Gasteiger partial charge in [-0.3, -0.25) is 4.79 Å². The average Bonchev–Trinajstić information content (AvgIpc) is 2.73. The number of Topliss-reactive ketones (excluding diaryl/α,β-unsaturated/α-hetero) is 1. The summed E-state index contributed by atoms with van der Waals surface area (Å²) in [5, 5.41) is -0.549. The van der Waals surface area contributed by atoms with Crippen LogP contribution in [0.5, 0.6) is 11.5 Å². The van der Waals surface area contributed by atoms with Gasteiger partial charge in [0.2, 0.25) is 10.0 Å². The number of benzene rings is 2. The number of carbonyl (C=O) groups excluding carboxylic acids is 1. The summed E-state index contributed by atoms with van der Waals surface area (Å²) in [5.41, 5.74) is 1.78. The van der Waals surface area contributed by atoms with Crippen LogP contribution in [0, 0.1) is 5.92 Å². The molecule has 0 aromatic heterocycles. The van der Waals surface area contributed by atoms with Crippen LogP contribution in [0.15, 0.2) is 48.5 Å². The van der Waals surface area contributed by atoms with Crippen LogP contribution in [0.1, 0.15) is 37.3 Å². The summed E-state index contributed by atoms with van der Waals surface area (Å²) in [6.45, 7) is 2.28. The van der Waals surface area contributed by atoms with E-state index in [1.165, 1.54) is 4.31 Å². The Bertz CT molecular complexity index is 897. The first-order valence-corrected chi connectivity index (χ1v) is 11.6. The molecule has 0 N–H and O–H groups in total. The largest absolute Gasteiger partial charge is 0.497 e. The molecule has 1 aliphatic carbocycles. The van der Waals surface area contributed by atoms with E-state index in [9.17, 15) is 13.2 Å². The van der Waals surface area contributed by atoms with Gasteiger partial charge in [-0.25, -0.2) is 8.42 Å². The Labute approximate surface area is 178 Å². The molecule has 0 bridgehead atoms. The Balaban J connectivity index is 1.81. The highest BCUT2D eigenvalue weighted by Gasteiger charge is 2.35. The summed E-state index contributed by atoms with van der Waals surface area (Å²) in [6, 6.07) is 14.8. The standard InChI is InChI=1S/C23H29NO5S/c1-17(12-20-13-21(25)14-20)30(26,27)24(15-18-4-8-22(28-2)9-5-18)16-19-6-10-23(29-3)11-7-19/h4-11,17,20H,12-16H2,1-3H3. The van der Waals surface area contributed by atoms with Gasteiger partial charge in [0.25, 0.3) is 0 Å². The Hall–Kier alpha value is -2.38. The van der Waals surface area contributed by atoms with Crippen molar-refractivity contribution in [2.24, 2.45) is 5.92 Å². The van der Waals surface area contributed by atoms with E-state index in [1.807, 2.05) is 48.5 Å². The number of hydrogen-bond donors (Lipinski definition) is 0. The molecule has 30 heavy (non-hydrogen) atoms. The number of methoxy groups -OCH3 is 2. The fourth-order valence-corrected chi connectivity index (χ4v) is 5.38. The summed E-state index contributed by atoms with van der Waals surface area (Å²) in [4.78, 5) is 11.3. The predicted octanol–water partition coefficient (Wildman–Crippen LogP) is 3.79. The minimum Gasteiger partial charge on any atom is -0.497 e. The van der Waals surface area contributed by atoms with Crippen LogP contribution < -0.4 is 9.47 Å². The van der Waals surface area contributed by atoms with Gasteiger partial charge in [0.15, 0.2) is 0 Å². The molecular formula is C23H29NO5S. The van der Waals surface area contributed by atoms with Crippen LogP contribution in [-0.4, -0.2) is 38.0 Å². The van der Waals surface area contributed by atoms with Crippen LogP contribution in [0.25, 0.3) is 0 Å². The van der Waals surface area contributed by atoms with Crippen molar-refractivity contribution in [3.63, 3.8) is 0 Å². The molecule has 1 aliphatic rings. The predicted molar refractivity (Wildman–Crippen MR) is 116 cm³/mol. The van der Waals surface area contributed by atoms with Crippen molar-refractivity contribution >= 4 is 15.8 Å². The van der Waals surface area contributed by atoms with E-state index in [0.29, 0.717) is 19.3 Å². The molecule has 2 aromatic carbocycles. The zero-order valence-electron chi connectivity index (χ0n) is 17.7. The molecule has 162 valence electrons. The highest BCUT2D eigenvalue weighted by Crippen LogP contribution is 2.31. The Morgan fingerprint density at radius 2 is 1.33 bits per heavy atom. The van der Waals surface area contributed by atoms with E-state index >= 15 is 0 Å². The lowest BCUT2D eigenvalue weighted by Crippen LogP contribution is -2.39. The van der Waals surface area contributed by atoms with Gasteiger partial charge in [0.05, 0.1) is 19.5 Å². The molecule has 3 rings (SSSR count). The minimum absolute atomic E-state index is 0.172. The van der Waals surface area contributed by atoms with Crippen LogP contribution in [0.4, 0.5) is 0 Å². The van der Waals surface area contributed by atoms with Crippen LogP contribution in [0.2, 0.25) is 0 Å². The molecule has 2 aromatic rings. The zero-order valence-corrected chi connectivity index (χ0v) is 18.5. The fraction of sp³-hybridized carbons (Fsp3) is 0.435. The SMILES string of the molecule is COc1ccc(CN(Cc2ccc(OC)cc2)S(=O)(=O)C(C)CC2CC(=O)C2)cc1. The van der Waals surface area contributed by atoms with Crippen molar-refractivity contribution in [2.75, 3.05) is 14.2 Å². The molecule has 1 saturated carbocycles. The third-order valence-electron chi connectivity index (χ3n) is 5.60. The summed E-state index contributed by atoms with van der Waals surface area (Å²) in [7, 11) is -0.359. The molecule has 0 radical (unpaired) electrons. The summed E-state index contributed by atoms with van der Waals surface area (Å²) in [6.07, 6.45) is 1.50. The second-order valence-electron chi connectivity index (χ2n) is 7.87. The van der Waals surface area contributed by atoms with Crippen molar-refractivity contribution in [2.45, 2.75) is 44.5 Å². The van der Waals surface area contributed by atoms with Gasteiger partial charge >= 0.3 is 0 Å². The number of ether oxygens (including phenoxy) is 2. The van der Waals surface area contributed by atoms with E-state index in [1.54, 1.807) is 21.1 Å². The topological polar surface area (TPSA) is 72.9 Å². The fourth-order valence-electron chi connectivity index (χ4n) is 3.70. The second kappa shape index (κ2) is 9.62. The van der Waals surface area contributed by atoms with Gasteiger partial charge in [-0.1, -0.05) is 24.3 Å². The Morgan fingerprint density at radius 3 is 1.70 bits per heavy atom. The number of carbonyl (C=O) groups is 1. The molecule has 0 amide bonds. The molecule has 1 fully saturated rings. The zero-order chi connectivity index (χ0) is 21.7. The maximum atomic E-state index is 13.4. The molecule has 0 heterocycles. The number of sulfonamides is 1. The maximum absolute atomic E-state index is 13.4. The number of hydrogen-bond acceptors (Lipinski definition) is 5. The van der Waals surface area contributed by atoms with E-state index in [-0.39, 0.29) is 24.8 Å². The molecule has 0 saturated heterocycles. The highest BCUT2D eigenvalue weighted by molar-refractivity contribution is 7.89. The second-order valence-corrected chi connectivity index (χ2v) is 10.2. The minimum atomic E-state index is -3.56. The highest BCUT2D eigenvalue weighted by atomic mass is 32.2. The van der Waals surface area contributed by atoms with Crippen LogP contribution in [-0.2, 0) is 27.9 Å². The summed E-state index contributed by atoms with van der Waals surface area (Å²) < 4.78 is 38.8. The lowest BCUT2D eigenvalue weighted by atomic mass is 9.81. The monoisotopic (exact) mass is 431 g/mol. The van der Waals surface area contributed by atoms with Gasteiger partial charge in [-0.2, -0.15) is 4.31 Å². The van der Waals surface area contributed by atoms with Gasteiger partial charge in [-0.15, -0.1) is 0 Å². The van der Waals surface area contributed by atoms with E-state index in [2.05, 4.69) is 0 Å². The summed E-state index contributed by atoms with van der Waals surface area (Å²) in [5.74, 6) is 1.85. The van der Waals surface area contributed by atoms with Gasteiger partial charge in [0.1, 0.15) is 17.3 Å². The Morgan fingerprint density at radius 1 is 0.900 bits per heavy atom. The first-order valence-electron chi connectivity index (χ1n) is 10.1. The number of nitrogens with zero attached hydrogens (tertiary/aromatic N) is 1. The quantitative estimate of drug-likeness (QED) is 0.572. The molecular weight excluding hydrogens is 402 g/mol. The van der Waals surface area contributed by atoms with Crippen LogP contribution >= 0.6 is 0 Å². The Kier molecular flexibility index (Phi) is 7.15. The van der Waals surface area contributed by atoms with Crippen molar-refractivity contribution < 1.29 is 22.7 Å².